The highest BCUT2D eigenvalue weighted by Gasteiger charge is 2.13. The summed E-state index contributed by atoms with van der Waals surface area (Å²) in [4.78, 5) is 1.18. The summed E-state index contributed by atoms with van der Waals surface area (Å²) < 4.78 is 26.4. The zero-order chi connectivity index (χ0) is 15.2. The number of halogens is 2. The van der Waals surface area contributed by atoms with E-state index in [4.69, 9.17) is 0 Å². The van der Waals surface area contributed by atoms with Gasteiger partial charge < -0.3 is 5.32 Å². The lowest BCUT2D eigenvalue weighted by Gasteiger charge is -2.18. The summed E-state index contributed by atoms with van der Waals surface area (Å²) in [6.45, 7) is 4.84. The van der Waals surface area contributed by atoms with Crippen molar-refractivity contribution in [3.8, 4) is 0 Å². The third-order valence-electron chi connectivity index (χ3n) is 3.20. The molecule has 0 fully saturated rings. The number of hydrogen-bond donors (Lipinski definition) is 1. The van der Waals surface area contributed by atoms with Gasteiger partial charge in [-0.2, -0.15) is 0 Å². The molecule has 112 valence electrons. The van der Waals surface area contributed by atoms with Crippen molar-refractivity contribution >= 4 is 11.8 Å². The molecule has 0 radical (unpaired) electrons. The van der Waals surface area contributed by atoms with Gasteiger partial charge in [-0.1, -0.05) is 30.7 Å². The summed E-state index contributed by atoms with van der Waals surface area (Å²) in [5, 5.41) is 3.32. The molecule has 1 unspecified atom stereocenters. The Kier molecular flexibility index (Phi) is 5.76. The molecule has 4 heteroatoms. The van der Waals surface area contributed by atoms with E-state index in [-0.39, 0.29) is 6.04 Å². The quantitative estimate of drug-likeness (QED) is 0.775. The maximum absolute atomic E-state index is 13.4. The number of aryl methyl sites for hydroxylation is 1. The van der Waals surface area contributed by atoms with Gasteiger partial charge in [-0.05, 0) is 43.3 Å². The highest BCUT2D eigenvalue weighted by Crippen LogP contribution is 2.26. The van der Waals surface area contributed by atoms with Crippen LogP contribution in [0.1, 0.15) is 24.1 Å². The second kappa shape index (κ2) is 7.57. The Hall–Kier alpha value is -1.39. The standard InChI is InChI=1S/C17H19F2NS/c1-3-20-17(13-7-8-15(18)16(19)10-13)11-21-14-6-4-5-12(2)9-14/h4-10,17,20H,3,11H2,1-2H3. The van der Waals surface area contributed by atoms with Gasteiger partial charge in [0.25, 0.3) is 0 Å². The summed E-state index contributed by atoms with van der Waals surface area (Å²) in [5.74, 6) is -0.834. The van der Waals surface area contributed by atoms with Crippen LogP contribution >= 0.6 is 11.8 Å². The first-order chi connectivity index (χ1) is 10.1. The van der Waals surface area contributed by atoms with Crippen LogP contribution in [0.2, 0.25) is 0 Å². The molecule has 1 atom stereocenters. The van der Waals surface area contributed by atoms with Gasteiger partial charge in [-0.15, -0.1) is 11.8 Å². The van der Waals surface area contributed by atoms with Crippen LogP contribution in [-0.4, -0.2) is 12.3 Å². The number of benzene rings is 2. The minimum Gasteiger partial charge on any atom is -0.309 e. The largest absolute Gasteiger partial charge is 0.309 e. The fourth-order valence-electron chi connectivity index (χ4n) is 2.13. The molecule has 2 aromatic rings. The molecule has 2 aromatic carbocycles. The summed E-state index contributed by atoms with van der Waals surface area (Å²) in [6, 6.07) is 12.4. The van der Waals surface area contributed by atoms with Crippen LogP contribution in [0.5, 0.6) is 0 Å². The molecule has 0 aromatic heterocycles. The van der Waals surface area contributed by atoms with Crippen molar-refractivity contribution in [2.24, 2.45) is 0 Å². The zero-order valence-corrected chi connectivity index (χ0v) is 13.0. The summed E-state index contributed by atoms with van der Waals surface area (Å²) in [5.41, 5.74) is 1.99. The lowest BCUT2D eigenvalue weighted by atomic mass is 10.1. The van der Waals surface area contributed by atoms with E-state index in [9.17, 15) is 8.78 Å². The second-order valence-electron chi connectivity index (χ2n) is 4.91. The SMILES string of the molecule is CCNC(CSc1cccc(C)c1)c1ccc(F)c(F)c1. The van der Waals surface area contributed by atoms with Crippen molar-refractivity contribution < 1.29 is 8.78 Å². The van der Waals surface area contributed by atoms with Crippen molar-refractivity contribution in [1.29, 1.82) is 0 Å². The fourth-order valence-corrected chi connectivity index (χ4v) is 3.25. The van der Waals surface area contributed by atoms with Crippen molar-refractivity contribution in [2.45, 2.75) is 24.8 Å². The van der Waals surface area contributed by atoms with E-state index >= 15 is 0 Å². The van der Waals surface area contributed by atoms with E-state index in [1.807, 2.05) is 13.0 Å². The smallest absolute Gasteiger partial charge is 0.159 e. The number of hydrogen-bond acceptors (Lipinski definition) is 2. The first kappa shape index (κ1) is 16.0. The molecule has 0 heterocycles. The van der Waals surface area contributed by atoms with Gasteiger partial charge in [-0.25, -0.2) is 8.78 Å². The van der Waals surface area contributed by atoms with Crippen LogP contribution in [0.3, 0.4) is 0 Å². The predicted octanol–water partition coefficient (Wildman–Crippen LogP) is 4.72. The van der Waals surface area contributed by atoms with E-state index in [1.165, 1.54) is 22.6 Å². The van der Waals surface area contributed by atoms with Crippen molar-refractivity contribution in [3.05, 3.63) is 65.2 Å². The van der Waals surface area contributed by atoms with E-state index in [2.05, 4.69) is 30.4 Å². The highest BCUT2D eigenvalue weighted by atomic mass is 32.2. The average molecular weight is 307 g/mol. The highest BCUT2D eigenvalue weighted by molar-refractivity contribution is 7.99. The van der Waals surface area contributed by atoms with Gasteiger partial charge in [0.1, 0.15) is 0 Å². The maximum Gasteiger partial charge on any atom is 0.159 e. The number of thioether (sulfide) groups is 1. The number of rotatable bonds is 6. The van der Waals surface area contributed by atoms with Crippen molar-refractivity contribution in [1.82, 2.24) is 5.32 Å². The molecule has 0 aliphatic carbocycles. The summed E-state index contributed by atoms with van der Waals surface area (Å²) in [6.07, 6.45) is 0. The Morgan fingerprint density at radius 3 is 2.57 bits per heavy atom. The molecule has 2 rings (SSSR count). The van der Waals surface area contributed by atoms with Crippen molar-refractivity contribution in [3.63, 3.8) is 0 Å². The van der Waals surface area contributed by atoms with Crippen molar-refractivity contribution in [2.75, 3.05) is 12.3 Å². The summed E-state index contributed by atoms with van der Waals surface area (Å²) in [7, 11) is 0. The molecular formula is C17H19F2NS. The van der Waals surface area contributed by atoms with E-state index in [0.717, 1.165) is 17.9 Å². The molecule has 1 nitrogen and oxygen atoms in total. The normalized spacial score (nSPS) is 12.4. The Labute approximate surface area is 128 Å². The van der Waals surface area contributed by atoms with Gasteiger partial charge in [0.2, 0.25) is 0 Å². The Morgan fingerprint density at radius 1 is 1.10 bits per heavy atom. The third-order valence-corrected chi connectivity index (χ3v) is 4.29. The van der Waals surface area contributed by atoms with Crippen LogP contribution in [-0.2, 0) is 0 Å². The van der Waals surface area contributed by atoms with Gasteiger partial charge in [0, 0.05) is 16.7 Å². The van der Waals surface area contributed by atoms with Gasteiger partial charge in [-0.3, -0.25) is 0 Å². The van der Waals surface area contributed by atoms with E-state index in [1.54, 1.807) is 17.8 Å². The Bertz CT molecular complexity index is 601. The average Bonchev–Trinajstić information content (AvgIpc) is 2.46. The fraction of sp³-hybridized carbons (Fsp3) is 0.294. The van der Waals surface area contributed by atoms with Gasteiger partial charge >= 0.3 is 0 Å². The summed E-state index contributed by atoms with van der Waals surface area (Å²) >= 11 is 1.71. The van der Waals surface area contributed by atoms with Crippen LogP contribution in [0.4, 0.5) is 8.78 Å². The Morgan fingerprint density at radius 2 is 1.90 bits per heavy atom. The molecule has 0 bridgehead atoms. The molecule has 21 heavy (non-hydrogen) atoms. The van der Waals surface area contributed by atoms with E-state index in [0.29, 0.717) is 0 Å². The molecule has 1 N–H and O–H groups in total. The minimum atomic E-state index is -0.805. The molecule has 0 aliphatic heterocycles. The maximum atomic E-state index is 13.4. The zero-order valence-electron chi connectivity index (χ0n) is 12.2. The third kappa shape index (κ3) is 4.55. The molecule has 0 spiro atoms. The predicted molar refractivity (Wildman–Crippen MR) is 84.7 cm³/mol. The van der Waals surface area contributed by atoms with Crippen LogP contribution in [0.25, 0.3) is 0 Å². The van der Waals surface area contributed by atoms with Crippen LogP contribution in [0.15, 0.2) is 47.4 Å². The first-order valence-corrected chi connectivity index (χ1v) is 7.96. The monoisotopic (exact) mass is 307 g/mol. The number of nitrogens with one attached hydrogen (secondary N) is 1. The Balaban J connectivity index is 2.09. The molecule has 0 saturated heterocycles. The van der Waals surface area contributed by atoms with E-state index < -0.39 is 11.6 Å². The lowest BCUT2D eigenvalue weighted by molar-refractivity contribution is 0.502. The molecule has 0 saturated carbocycles. The van der Waals surface area contributed by atoms with Crippen LogP contribution in [0, 0.1) is 18.6 Å². The van der Waals surface area contributed by atoms with Crippen LogP contribution < -0.4 is 5.32 Å². The topological polar surface area (TPSA) is 12.0 Å². The second-order valence-corrected chi connectivity index (χ2v) is 6.00. The minimum absolute atomic E-state index is 0.00406. The molecular weight excluding hydrogens is 288 g/mol. The van der Waals surface area contributed by atoms with Gasteiger partial charge in [0.15, 0.2) is 11.6 Å². The molecule has 0 aliphatic rings. The first-order valence-electron chi connectivity index (χ1n) is 6.98. The lowest BCUT2D eigenvalue weighted by Crippen LogP contribution is -2.23. The van der Waals surface area contributed by atoms with Gasteiger partial charge in [0.05, 0.1) is 0 Å². The molecule has 0 amide bonds.